The van der Waals surface area contributed by atoms with E-state index in [1.165, 1.54) is 5.56 Å². The monoisotopic (exact) mass is 433 g/mol. The van der Waals surface area contributed by atoms with E-state index >= 15 is 0 Å². The lowest BCUT2D eigenvalue weighted by Crippen LogP contribution is -2.25. The number of aliphatic hydroxyl groups excluding tert-OH is 1. The molecular formula is C27H31NO4. The number of hydrogen-bond donors (Lipinski definition) is 3. The molecule has 0 spiro atoms. The van der Waals surface area contributed by atoms with E-state index in [-0.39, 0.29) is 17.6 Å². The lowest BCUT2D eigenvalue weighted by molar-refractivity contribution is 0.0690. The Morgan fingerprint density at radius 3 is 2.16 bits per heavy atom. The largest absolute Gasteiger partial charge is 0.490 e. The van der Waals surface area contributed by atoms with E-state index in [4.69, 9.17) is 4.74 Å². The topological polar surface area (TPSA) is 78.8 Å². The minimum Gasteiger partial charge on any atom is -0.490 e. The molecule has 0 saturated heterocycles. The zero-order valence-electron chi connectivity index (χ0n) is 18.8. The Hall–Kier alpha value is -3.15. The van der Waals surface area contributed by atoms with Crippen molar-refractivity contribution in [1.29, 1.82) is 0 Å². The Kier molecular flexibility index (Phi) is 8.03. The van der Waals surface area contributed by atoms with Crippen LogP contribution in [-0.4, -0.2) is 35.4 Å². The Balaban J connectivity index is 1.63. The molecule has 32 heavy (non-hydrogen) atoms. The summed E-state index contributed by atoms with van der Waals surface area (Å²) >= 11 is 0. The Morgan fingerprint density at radius 1 is 0.875 bits per heavy atom. The standard InChI is InChI=1S/C27H31NO4/c1-18(2)32-26-15-23(13-14-24(26)27(30)31)21-11-9-20(10-12-21)19(3)16-28-17-25(29)22-7-5-4-6-8-22/h4-15,18-19,25,28-29H,16-17H2,1-3H3,(H,30,31)/t19?,25-/m1/s1. The summed E-state index contributed by atoms with van der Waals surface area (Å²) in [6.07, 6.45) is -0.638. The van der Waals surface area contributed by atoms with Gasteiger partial charge < -0.3 is 20.3 Å². The van der Waals surface area contributed by atoms with Crippen LogP contribution in [-0.2, 0) is 0 Å². The smallest absolute Gasteiger partial charge is 0.339 e. The first-order valence-corrected chi connectivity index (χ1v) is 10.9. The first kappa shape index (κ1) is 23.5. The molecule has 0 amide bonds. The molecule has 0 saturated carbocycles. The molecule has 5 heteroatoms. The average molecular weight is 434 g/mol. The highest BCUT2D eigenvalue weighted by Crippen LogP contribution is 2.29. The third-order valence-electron chi connectivity index (χ3n) is 5.36. The van der Waals surface area contributed by atoms with Crippen LogP contribution in [0.3, 0.4) is 0 Å². The highest BCUT2D eigenvalue weighted by Gasteiger charge is 2.14. The fourth-order valence-electron chi connectivity index (χ4n) is 3.58. The normalized spacial score (nSPS) is 13.0. The maximum atomic E-state index is 11.5. The number of benzene rings is 3. The zero-order valence-corrected chi connectivity index (χ0v) is 18.8. The molecule has 0 aromatic heterocycles. The molecule has 0 fully saturated rings. The molecule has 0 radical (unpaired) electrons. The van der Waals surface area contributed by atoms with E-state index in [0.29, 0.717) is 12.3 Å². The average Bonchev–Trinajstić information content (AvgIpc) is 2.79. The van der Waals surface area contributed by atoms with Crippen molar-refractivity contribution in [3.05, 3.63) is 89.5 Å². The maximum Gasteiger partial charge on any atom is 0.339 e. The van der Waals surface area contributed by atoms with E-state index < -0.39 is 12.1 Å². The minimum atomic E-state index is -0.999. The van der Waals surface area contributed by atoms with Gasteiger partial charge in [-0.2, -0.15) is 0 Å². The molecule has 3 N–H and O–H groups in total. The first-order chi connectivity index (χ1) is 15.3. The molecule has 0 aliphatic carbocycles. The van der Waals surface area contributed by atoms with Crippen LogP contribution in [0.5, 0.6) is 5.75 Å². The Labute approximate surface area is 189 Å². The van der Waals surface area contributed by atoms with E-state index in [2.05, 4.69) is 24.4 Å². The van der Waals surface area contributed by atoms with Gasteiger partial charge in [-0.3, -0.25) is 0 Å². The predicted octanol–water partition coefficient (Wildman–Crippen LogP) is 5.27. The number of aromatic carboxylic acids is 1. The highest BCUT2D eigenvalue weighted by molar-refractivity contribution is 5.92. The Morgan fingerprint density at radius 2 is 1.53 bits per heavy atom. The number of carbonyl (C=O) groups is 1. The van der Waals surface area contributed by atoms with Crippen molar-refractivity contribution in [2.45, 2.75) is 38.9 Å². The molecule has 168 valence electrons. The minimum absolute atomic E-state index is 0.112. The second-order valence-electron chi connectivity index (χ2n) is 8.29. The molecule has 3 aromatic rings. The van der Waals surface area contributed by atoms with Crippen LogP contribution in [0.4, 0.5) is 0 Å². The molecule has 5 nitrogen and oxygen atoms in total. The number of hydrogen-bond acceptors (Lipinski definition) is 4. The van der Waals surface area contributed by atoms with Gasteiger partial charge in [0.05, 0.1) is 12.2 Å². The molecule has 0 aliphatic rings. The number of carboxylic acid groups (broad SMARTS) is 1. The fourth-order valence-corrected chi connectivity index (χ4v) is 3.58. The van der Waals surface area contributed by atoms with Crippen molar-refractivity contribution in [2.24, 2.45) is 0 Å². The molecule has 1 unspecified atom stereocenters. The van der Waals surface area contributed by atoms with Gasteiger partial charge in [0.15, 0.2) is 0 Å². The van der Waals surface area contributed by atoms with Crippen molar-refractivity contribution >= 4 is 5.97 Å². The summed E-state index contributed by atoms with van der Waals surface area (Å²) in [5.74, 6) is -0.342. The number of rotatable bonds is 10. The summed E-state index contributed by atoms with van der Waals surface area (Å²) in [4.78, 5) is 11.5. The van der Waals surface area contributed by atoms with Gasteiger partial charge in [0.2, 0.25) is 0 Å². The number of carboxylic acids is 1. The molecule has 0 heterocycles. The van der Waals surface area contributed by atoms with Gasteiger partial charge in [-0.25, -0.2) is 4.79 Å². The van der Waals surface area contributed by atoms with Crippen LogP contribution >= 0.6 is 0 Å². The van der Waals surface area contributed by atoms with Crippen molar-refractivity contribution in [3.63, 3.8) is 0 Å². The lowest BCUT2D eigenvalue weighted by Gasteiger charge is -2.17. The van der Waals surface area contributed by atoms with Crippen LogP contribution < -0.4 is 10.1 Å². The van der Waals surface area contributed by atoms with Crippen molar-refractivity contribution < 1.29 is 19.7 Å². The van der Waals surface area contributed by atoms with E-state index in [1.807, 2.05) is 62.4 Å². The molecule has 0 bridgehead atoms. The van der Waals surface area contributed by atoms with Crippen LogP contribution in [0.25, 0.3) is 11.1 Å². The summed E-state index contributed by atoms with van der Waals surface area (Å²) in [6, 6.07) is 23.1. The predicted molar refractivity (Wildman–Crippen MR) is 127 cm³/mol. The molecule has 2 atom stereocenters. The third-order valence-corrected chi connectivity index (χ3v) is 5.36. The van der Waals surface area contributed by atoms with Crippen molar-refractivity contribution in [3.8, 4) is 16.9 Å². The van der Waals surface area contributed by atoms with Crippen LogP contribution in [0.1, 0.15) is 54.3 Å². The van der Waals surface area contributed by atoms with E-state index in [1.54, 1.807) is 12.1 Å². The van der Waals surface area contributed by atoms with Gasteiger partial charge >= 0.3 is 5.97 Å². The first-order valence-electron chi connectivity index (χ1n) is 10.9. The zero-order chi connectivity index (χ0) is 23.1. The maximum absolute atomic E-state index is 11.5. The summed E-state index contributed by atoms with van der Waals surface area (Å²) in [7, 11) is 0. The van der Waals surface area contributed by atoms with Gasteiger partial charge in [0.1, 0.15) is 11.3 Å². The van der Waals surface area contributed by atoms with Gasteiger partial charge in [-0.1, -0.05) is 67.6 Å². The van der Waals surface area contributed by atoms with Crippen LogP contribution in [0.15, 0.2) is 72.8 Å². The van der Waals surface area contributed by atoms with Gasteiger partial charge in [-0.15, -0.1) is 0 Å². The number of aliphatic hydroxyl groups is 1. The quantitative estimate of drug-likeness (QED) is 0.406. The third kappa shape index (κ3) is 6.19. The highest BCUT2D eigenvalue weighted by atomic mass is 16.5. The van der Waals surface area contributed by atoms with Crippen LogP contribution in [0, 0.1) is 0 Å². The molecule has 0 aliphatic heterocycles. The molecule has 3 aromatic carbocycles. The van der Waals surface area contributed by atoms with Crippen molar-refractivity contribution in [1.82, 2.24) is 5.32 Å². The summed E-state index contributed by atoms with van der Waals surface area (Å²) < 4.78 is 5.72. The van der Waals surface area contributed by atoms with Gasteiger partial charge in [-0.05, 0) is 54.2 Å². The van der Waals surface area contributed by atoms with Crippen molar-refractivity contribution in [2.75, 3.05) is 13.1 Å². The number of nitrogens with one attached hydrogen (secondary N) is 1. The second-order valence-corrected chi connectivity index (χ2v) is 8.29. The lowest BCUT2D eigenvalue weighted by atomic mass is 9.96. The summed E-state index contributed by atoms with van der Waals surface area (Å²) in [5.41, 5.74) is 4.17. The Bertz CT molecular complexity index is 1020. The van der Waals surface area contributed by atoms with Crippen LogP contribution in [0.2, 0.25) is 0 Å². The summed E-state index contributed by atoms with van der Waals surface area (Å²) in [6.45, 7) is 7.15. The van der Waals surface area contributed by atoms with Gasteiger partial charge in [0, 0.05) is 13.1 Å². The molecular weight excluding hydrogens is 402 g/mol. The summed E-state index contributed by atoms with van der Waals surface area (Å²) in [5, 5.41) is 23.0. The van der Waals surface area contributed by atoms with E-state index in [0.717, 1.165) is 23.2 Å². The van der Waals surface area contributed by atoms with Gasteiger partial charge in [0.25, 0.3) is 0 Å². The fraction of sp³-hybridized carbons (Fsp3) is 0.296. The van der Waals surface area contributed by atoms with E-state index in [9.17, 15) is 15.0 Å². The number of ether oxygens (including phenoxy) is 1. The molecule has 3 rings (SSSR count). The SMILES string of the molecule is CC(C)Oc1cc(-c2ccc(C(C)CNC[C@@H](O)c3ccccc3)cc2)ccc1C(=O)O. The second kappa shape index (κ2) is 10.9.